The number of hydrogen-bond acceptors (Lipinski definition) is 2. The molecule has 90 valence electrons. The van der Waals surface area contributed by atoms with Crippen molar-refractivity contribution in [3.8, 4) is 0 Å². The smallest absolute Gasteiger partial charge is 0.143 e. The van der Waals surface area contributed by atoms with Gasteiger partial charge in [-0.1, -0.05) is 0 Å². The maximum absolute atomic E-state index is 13.5. The van der Waals surface area contributed by atoms with E-state index in [9.17, 15) is 13.9 Å². The highest BCUT2D eigenvalue weighted by atomic mass is 79.9. The minimum atomic E-state index is -0.703. The van der Waals surface area contributed by atoms with Crippen molar-refractivity contribution in [2.24, 2.45) is 0 Å². The van der Waals surface area contributed by atoms with Crippen LogP contribution in [0, 0.1) is 11.6 Å². The van der Waals surface area contributed by atoms with E-state index >= 15 is 0 Å². The monoisotopic (exact) mass is 310 g/mol. The predicted octanol–water partition coefficient (Wildman–Crippen LogP) is 3.38. The molecular formula is C11H13BrF2OS. The summed E-state index contributed by atoms with van der Waals surface area (Å²) in [6.07, 6.45) is 1.77. The molecule has 0 aliphatic rings. The third kappa shape index (κ3) is 3.71. The van der Waals surface area contributed by atoms with Crippen LogP contribution in [-0.2, 0) is 6.42 Å². The van der Waals surface area contributed by atoms with Crippen molar-refractivity contribution < 1.29 is 13.9 Å². The maximum atomic E-state index is 13.5. The van der Waals surface area contributed by atoms with E-state index < -0.39 is 17.7 Å². The second-order valence-corrected chi connectivity index (χ2v) is 5.30. The van der Waals surface area contributed by atoms with E-state index in [1.165, 1.54) is 12.1 Å². The third-order valence-electron chi connectivity index (χ3n) is 2.23. The van der Waals surface area contributed by atoms with Crippen LogP contribution in [-0.4, -0.2) is 23.2 Å². The molecule has 0 spiro atoms. The van der Waals surface area contributed by atoms with Crippen LogP contribution in [0.3, 0.4) is 0 Å². The number of hydrogen-bond donors (Lipinski definition) is 1. The summed E-state index contributed by atoms with van der Waals surface area (Å²) in [5, 5.41) is 9.61. The van der Waals surface area contributed by atoms with Gasteiger partial charge in [-0.15, -0.1) is 0 Å². The van der Waals surface area contributed by atoms with Crippen LogP contribution in [0.4, 0.5) is 8.78 Å². The fraction of sp³-hybridized carbons (Fsp3) is 0.455. The topological polar surface area (TPSA) is 20.2 Å². The SMILES string of the molecule is CSCCC(O)Cc1c(F)ccc(Br)c1F. The minimum absolute atomic E-state index is 0.0116. The van der Waals surface area contributed by atoms with Gasteiger partial charge >= 0.3 is 0 Å². The van der Waals surface area contributed by atoms with Crippen LogP contribution in [0.2, 0.25) is 0 Å². The Bertz CT molecular complexity index is 360. The number of aliphatic hydroxyl groups is 1. The summed E-state index contributed by atoms with van der Waals surface area (Å²) in [5.74, 6) is -0.453. The molecule has 0 aliphatic heterocycles. The average Bonchev–Trinajstić information content (AvgIpc) is 2.27. The Balaban J connectivity index is 2.76. The van der Waals surface area contributed by atoms with Gasteiger partial charge in [0.25, 0.3) is 0 Å². The molecule has 1 rings (SSSR count). The van der Waals surface area contributed by atoms with Crippen molar-refractivity contribution in [3.05, 3.63) is 33.8 Å². The second kappa shape index (κ2) is 6.57. The van der Waals surface area contributed by atoms with Gasteiger partial charge in [-0.2, -0.15) is 11.8 Å². The first kappa shape index (κ1) is 13.9. The van der Waals surface area contributed by atoms with E-state index in [-0.39, 0.29) is 16.5 Å². The van der Waals surface area contributed by atoms with Crippen LogP contribution < -0.4 is 0 Å². The molecule has 1 N–H and O–H groups in total. The molecule has 0 saturated carbocycles. The minimum Gasteiger partial charge on any atom is -0.393 e. The molecule has 1 nitrogen and oxygen atoms in total. The highest BCUT2D eigenvalue weighted by Crippen LogP contribution is 2.23. The Morgan fingerprint density at radius 3 is 2.75 bits per heavy atom. The zero-order chi connectivity index (χ0) is 12.1. The highest BCUT2D eigenvalue weighted by Gasteiger charge is 2.15. The largest absolute Gasteiger partial charge is 0.393 e. The number of benzene rings is 1. The van der Waals surface area contributed by atoms with Crippen LogP contribution in [0.25, 0.3) is 0 Å². The predicted molar refractivity (Wildman–Crippen MR) is 66.8 cm³/mol. The average molecular weight is 311 g/mol. The lowest BCUT2D eigenvalue weighted by Gasteiger charge is -2.11. The number of thioether (sulfide) groups is 1. The molecule has 1 unspecified atom stereocenters. The number of aliphatic hydroxyl groups excluding tert-OH is 1. The summed E-state index contributed by atoms with van der Waals surface area (Å²) < 4.78 is 27.1. The van der Waals surface area contributed by atoms with Gasteiger partial charge in [-0.05, 0) is 46.5 Å². The van der Waals surface area contributed by atoms with Crippen molar-refractivity contribution in [1.29, 1.82) is 0 Å². The Labute approximate surface area is 106 Å². The fourth-order valence-corrected chi connectivity index (χ4v) is 2.23. The molecule has 0 saturated heterocycles. The van der Waals surface area contributed by atoms with Gasteiger partial charge in [0.1, 0.15) is 11.6 Å². The molecule has 5 heteroatoms. The lowest BCUT2D eigenvalue weighted by atomic mass is 10.1. The van der Waals surface area contributed by atoms with Crippen molar-refractivity contribution >= 4 is 27.7 Å². The lowest BCUT2D eigenvalue weighted by molar-refractivity contribution is 0.169. The zero-order valence-electron chi connectivity index (χ0n) is 8.84. The standard InChI is InChI=1S/C11H13BrF2OS/c1-16-5-4-7(15)6-8-10(13)3-2-9(12)11(8)14/h2-3,7,15H,4-6H2,1H3. The molecule has 0 amide bonds. The first-order chi connectivity index (χ1) is 7.56. The van der Waals surface area contributed by atoms with Gasteiger partial charge in [0.05, 0.1) is 10.6 Å². The van der Waals surface area contributed by atoms with Crippen molar-refractivity contribution in [2.75, 3.05) is 12.0 Å². The van der Waals surface area contributed by atoms with Crippen LogP contribution in [0.1, 0.15) is 12.0 Å². The van der Waals surface area contributed by atoms with Crippen molar-refractivity contribution in [3.63, 3.8) is 0 Å². The normalized spacial score (nSPS) is 12.8. The summed E-state index contributed by atoms with van der Waals surface area (Å²) in [5.41, 5.74) is -0.0528. The van der Waals surface area contributed by atoms with Gasteiger partial charge in [0.15, 0.2) is 0 Å². The van der Waals surface area contributed by atoms with E-state index in [0.717, 1.165) is 5.75 Å². The first-order valence-corrected chi connectivity index (χ1v) is 7.04. The Kier molecular flexibility index (Phi) is 5.72. The van der Waals surface area contributed by atoms with E-state index in [1.54, 1.807) is 11.8 Å². The molecule has 1 atom stereocenters. The Morgan fingerprint density at radius 2 is 2.12 bits per heavy atom. The second-order valence-electron chi connectivity index (χ2n) is 3.46. The molecule has 1 aromatic rings. The van der Waals surface area contributed by atoms with Crippen molar-refractivity contribution in [2.45, 2.75) is 18.9 Å². The van der Waals surface area contributed by atoms with Gasteiger partial charge in [0.2, 0.25) is 0 Å². The Morgan fingerprint density at radius 1 is 1.44 bits per heavy atom. The van der Waals surface area contributed by atoms with E-state index in [2.05, 4.69) is 15.9 Å². The molecule has 0 aromatic heterocycles. The summed E-state index contributed by atoms with van der Waals surface area (Å²) in [7, 11) is 0. The summed E-state index contributed by atoms with van der Waals surface area (Å²) >= 11 is 4.59. The van der Waals surface area contributed by atoms with Gasteiger partial charge in [-0.3, -0.25) is 0 Å². The first-order valence-electron chi connectivity index (χ1n) is 4.85. The maximum Gasteiger partial charge on any atom is 0.143 e. The van der Waals surface area contributed by atoms with E-state index in [0.29, 0.717) is 6.42 Å². The number of rotatable bonds is 5. The van der Waals surface area contributed by atoms with E-state index in [1.807, 2.05) is 6.26 Å². The summed E-state index contributed by atoms with van der Waals surface area (Å²) in [6, 6.07) is 2.52. The number of halogens is 3. The van der Waals surface area contributed by atoms with Crippen molar-refractivity contribution in [1.82, 2.24) is 0 Å². The summed E-state index contributed by atoms with van der Waals surface area (Å²) in [4.78, 5) is 0. The quantitative estimate of drug-likeness (QED) is 0.841. The fourth-order valence-electron chi connectivity index (χ4n) is 1.35. The molecular weight excluding hydrogens is 298 g/mol. The van der Waals surface area contributed by atoms with Gasteiger partial charge in [-0.25, -0.2) is 8.78 Å². The molecule has 16 heavy (non-hydrogen) atoms. The molecule has 0 bridgehead atoms. The van der Waals surface area contributed by atoms with Gasteiger partial charge in [0, 0.05) is 12.0 Å². The summed E-state index contributed by atoms with van der Waals surface area (Å²) in [6.45, 7) is 0. The molecule has 1 aromatic carbocycles. The zero-order valence-corrected chi connectivity index (χ0v) is 11.2. The molecule has 0 heterocycles. The van der Waals surface area contributed by atoms with Crippen LogP contribution in [0.15, 0.2) is 16.6 Å². The third-order valence-corrected chi connectivity index (χ3v) is 3.49. The lowest BCUT2D eigenvalue weighted by Crippen LogP contribution is -2.14. The Hall–Kier alpha value is -0.130. The molecule has 0 aliphatic carbocycles. The van der Waals surface area contributed by atoms with Gasteiger partial charge < -0.3 is 5.11 Å². The molecule has 0 radical (unpaired) electrons. The highest BCUT2D eigenvalue weighted by molar-refractivity contribution is 9.10. The molecule has 0 fully saturated rings. The van der Waals surface area contributed by atoms with E-state index in [4.69, 9.17) is 0 Å². The van der Waals surface area contributed by atoms with Crippen LogP contribution >= 0.6 is 27.7 Å². The van der Waals surface area contributed by atoms with Crippen LogP contribution in [0.5, 0.6) is 0 Å².